The third kappa shape index (κ3) is 1.96. The van der Waals surface area contributed by atoms with Gasteiger partial charge in [0, 0.05) is 18.0 Å². The Kier molecular flexibility index (Phi) is 2.63. The maximum absolute atomic E-state index is 13.1. The number of ether oxygens (including phenoxy) is 1. The Morgan fingerprint density at radius 1 is 1.20 bits per heavy atom. The fourth-order valence-corrected chi connectivity index (χ4v) is 1.37. The number of halogens is 1. The molecule has 0 aliphatic rings. The van der Waals surface area contributed by atoms with Gasteiger partial charge in [-0.05, 0) is 23.8 Å². The van der Waals surface area contributed by atoms with E-state index in [1.807, 2.05) is 12.1 Å². The van der Waals surface area contributed by atoms with Crippen LogP contribution in [0, 0.1) is 5.82 Å². The van der Waals surface area contributed by atoms with Crippen LogP contribution in [0.25, 0.3) is 11.1 Å². The largest absolute Gasteiger partial charge is 0.494 e. The lowest BCUT2D eigenvalue weighted by molar-refractivity contribution is 0.387. The zero-order valence-corrected chi connectivity index (χ0v) is 8.27. The molecule has 2 nitrogen and oxygen atoms in total. The van der Waals surface area contributed by atoms with E-state index in [1.165, 1.54) is 13.2 Å². The third-order valence-electron chi connectivity index (χ3n) is 2.15. The molecule has 2 aromatic rings. The molecule has 15 heavy (non-hydrogen) atoms. The summed E-state index contributed by atoms with van der Waals surface area (Å²) in [6, 6.07) is 8.51. The van der Waals surface area contributed by atoms with Crippen molar-refractivity contribution in [2.75, 3.05) is 7.11 Å². The minimum atomic E-state index is -0.356. The Balaban J connectivity index is 2.46. The van der Waals surface area contributed by atoms with Crippen molar-refractivity contribution in [2.24, 2.45) is 0 Å². The van der Waals surface area contributed by atoms with Crippen molar-refractivity contribution in [3.05, 3.63) is 48.5 Å². The molecule has 0 amide bonds. The van der Waals surface area contributed by atoms with E-state index >= 15 is 0 Å². The quantitative estimate of drug-likeness (QED) is 0.748. The SMILES string of the molecule is COc1cc(-c2cccnc2)ccc1F. The molecule has 1 heterocycles. The van der Waals surface area contributed by atoms with Gasteiger partial charge in [-0.3, -0.25) is 4.98 Å². The van der Waals surface area contributed by atoms with Gasteiger partial charge in [0.2, 0.25) is 0 Å². The summed E-state index contributed by atoms with van der Waals surface area (Å²) in [6.45, 7) is 0. The smallest absolute Gasteiger partial charge is 0.165 e. The standard InChI is InChI=1S/C12H10FNO/c1-15-12-7-9(4-5-11(12)13)10-3-2-6-14-8-10/h2-8H,1H3. The highest BCUT2D eigenvalue weighted by Gasteiger charge is 2.04. The van der Waals surface area contributed by atoms with E-state index in [0.29, 0.717) is 0 Å². The second kappa shape index (κ2) is 4.09. The number of aromatic nitrogens is 1. The monoisotopic (exact) mass is 203 g/mol. The van der Waals surface area contributed by atoms with Crippen LogP contribution in [0.4, 0.5) is 4.39 Å². The average Bonchev–Trinajstić information content (AvgIpc) is 2.31. The van der Waals surface area contributed by atoms with Crippen molar-refractivity contribution < 1.29 is 9.13 Å². The van der Waals surface area contributed by atoms with Gasteiger partial charge in [-0.2, -0.15) is 0 Å². The summed E-state index contributed by atoms with van der Waals surface area (Å²) >= 11 is 0. The van der Waals surface area contributed by atoms with Crippen molar-refractivity contribution in [2.45, 2.75) is 0 Å². The number of hydrogen-bond donors (Lipinski definition) is 0. The van der Waals surface area contributed by atoms with Gasteiger partial charge in [0.25, 0.3) is 0 Å². The lowest BCUT2D eigenvalue weighted by Crippen LogP contribution is -1.88. The summed E-state index contributed by atoms with van der Waals surface area (Å²) < 4.78 is 18.1. The first-order valence-corrected chi connectivity index (χ1v) is 4.55. The lowest BCUT2D eigenvalue weighted by Gasteiger charge is -2.05. The van der Waals surface area contributed by atoms with Crippen LogP contribution in [0.3, 0.4) is 0 Å². The Morgan fingerprint density at radius 3 is 2.73 bits per heavy atom. The molecule has 1 aromatic carbocycles. The van der Waals surface area contributed by atoms with Crippen LogP contribution in [0.15, 0.2) is 42.7 Å². The Hall–Kier alpha value is -1.90. The zero-order chi connectivity index (χ0) is 10.7. The van der Waals surface area contributed by atoms with Crippen molar-refractivity contribution in [3.8, 4) is 16.9 Å². The zero-order valence-electron chi connectivity index (χ0n) is 8.27. The number of pyridine rings is 1. The molecule has 76 valence electrons. The molecule has 0 saturated heterocycles. The normalized spacial score (nSPS) is 10.0. The van der Waals surface area contributed by atoms with Gasteiger partial charge in [0.15, 0.2) is 11.6 Å². The fourth-order valence-electron chi connectivity index (χ4n) is 1.37. The molecular weight excluding hydrogens is 193 g/mol. The van der Waals surface area contributed by atoms with Crippen molar-refractivity contribution in [1.82, 2.24) is 4.98 Å². The van der Waals surface area contributed by atoms with Crippen LogP contribution >= 0.6 is 0 Å². The van der Waals surface area contributed by atoms with Crippen LogP contribution in [-0.2, 0) is 0 Å². The van der Waals surface area contributed by atoms with Crippen molar-refractivity contribution in [3.63, 3.8) is 0 Å². The van der Waals surface area contributed by atoms with Crippen LogP contribution in [0.2, 0.25) is 0 Å². The van der Waals surface area contributed by atoms with E-state index in [1.54, 1.807) is 24.5 Å². The highest BCUT2D eigenvalue weighted by molar-refractivity contribution is 5.64. The van der Waals surface area contributed by atoms with Gasteiger partial charge in [0.1, 0.15) is 0 Å². The topological polar surface area (TPSA) is 22.1 Å². The first kappa shape index (κ1) is 9.65. The van der Waals surface area contributed by atoms with Gasteiger partial charge in [0.05, 0.1) is 7.11 Å². The predicted molar refractivity (Wildman–Crippen MR) is 56.2 cm³/mol. The summed E-state index contributed by atoms with van der Waals surface area (Å²) in [6.07, 6.45) is 3.43. The summed E-state index contributed by atoms with van der Waals surface area (Å²) in [5.41, 5.74) is 1.83. The lowest BCUT2D eigenvalue weighted by atomic mass is 10.1. The minimum absolute atomic E-state index is 0.247. The summed E-state index contributed by atoms with van der Waals surface area (Å²) in [4.78, 5) is 4.00. The van der Waals surface area contributed by atoms with Crippen LogP contribution in [0.1, 0.15) is 0 Å². The molecular formula is C12H10FNO. The molecule has 2 rings (SSSR count). The number of methoxy groups -OCH3 is 1. The van der Waals surface area contributed by atoms with Gasteiger partial charge in [-0.15, -0.1) is 0 Å². The van der Waals surface area contributed by atoms with E-state index in [0.717, 1.165) is 11.1 Å². The molecule has 0 N–H and O–H groups in total. The molecule has 0 spiro atoms. The molecule has 0 bridgehead atoms. The van der Waals surface area contributed by atoms with E-state index in [9.17, 15) is 4.39 Å². The molecule has 0 fully saturated rings. The number of nitrogens with zero attached hydrogens (tertiary/aromatic N) is 1. The van der Waals surface area contributed by atoms with Crippen LogP contribution in [0.5, 0.6) is 5.75 Å². The predicted octanol–water partition coefficient (Wildman–Crippen LogP) is 2.90. The highest BCUT2D eigenvalue weighted by Crippen LogP contribution is 2.25. The van der Waals surface area contributed by atoms with Crippen molar-refractivity contribution in [1.29, 1.82) is 0 Å². The first-order valence-electron chi connectivity index (χ1n) is 4.55. The second-order valence-electron chi connectivity index (χ2n) is 3.09. The van der Waals surface area contributed by atoms with Crippen molar-refractivity contribution >= 4 is 0 Å². The van der Waals surface area contributed by atoms with E-state index in [4.69, 9.17) is 4.74 Å². The molecule has 0 aliphatic carbocycles. The Bertz CT molecular complexity index is 456. The molecule has 0 atom stereocenters. The van der Waals surface area contributed by atoms with E-state index in [2.05, 4.69) is 4.98 Å². The summed E-state index contributed by atoms with van der Waals surface area (Å²) in [5, 5.41) is 0. The van der Waals surface area contributed by atoms with Gasteiger partial charge in [-0.1, -0.05) is 12.1 Å². The first-order chi connectivity index (χ1) is 7.31. The average molecular weight is 203 g/mol. The summed E-state index contributed by atoms with van der Waals surface area (Å²) in [5.74, 6) is -0.110. The number of benzene rings is 1. The van der Waals surface area contributed by atoms with Crippen LogP contribution in [-0.4, -0.2) is 12.1 Å². The second-order valence-corrected chi connectivity index (χ2v) is 3.09. The Morgan fingerprint density at radius 2 is 2.07 bits per heavy atom. The van der Waals surface area contributed by atoms with Crippen LogP contribution < -0.4 is 4.74 Å². The maximum Gasteiger partial charge on any atom is 0.165 e. The maximum atomic E-state index is 13.1. The fraction of sp³-hybridized carbons (Fsp3) is 0.0833. The van der Waals surface area contributed by atoms with Gasteiger partial charge < -0.3 is 4.74 Å². The van der Waals surface area contributed by atoms with Gasteiger partial charge in [-0.25, -0.2) is 4.39 Å². The van der Waals surface area contributed by atoms with E-state index < -0.39 is 0 Å². The molecule has 3 heteroatoms. The van der Waals surface area contributed by atoms with E-state index in [-0.39, 0.29) is 11.6 Å². The minimum Gasteiger partial charge on any atom is -0.494 e. The molecule has 1 aromatic heterocycles. The molecule has 0 radical (unpaired) electrons. The third-order valence-corrected chi connectivity index (χ3v) is 2.15. The number of rotatable bonds is 2. The highest BCUT2D eigenvalue weighted by atomic mass is 19.1. The number of hydrogen-bond acceptors (Lipinski definition) is 2. The molecule has 0 unspecified atom stereocenters. The Labute approximate surface area is 87.4 Å². The summed E-state index contributed by atoms with van der Waals surface area (Å²) in [7, 11) is 1.45. The van der Waals surface area contributed by atoms with Gasteiger partial charge >= 0.3 is 0 Å². The molecule has 0 saturated carbocycles. The molecule has 0 aliphatic heterocycles.